The molecule has 0 aromatic rings. The van der Waals surface area contributed by atoms with E-state index in [1.807, 2.05) is 0 Å². The zero-order valence-corrected chi connectivity index (χ0v) is 7.21. The average Bonchev–Trinajstić information content (AvgIpc) is 1.87. The van der Waals surface area contributed by atoms with E-state index in [4.69, 9.17) is 5.53 Å². The molecule has 4 nitrogen and oxygen atoms in total. The van der Waals surface area contributed by atoms with Crippen molar-refractivity contribution in [1.82, 2.24) is 0 Å². The van der Waals surface area contributed by atoms with Crippen LogP contribution in [0.15, 0.2) is 5.11 Å². The molecule has 0 aliphatic carbocycles. The van der Waals surface area contributed by atoms with Gasteiger partial charge in [0.1, 0.15) is 5.78 Å². The molecule has 0 N–H and O–H groups in total. The van der Waals surface area contributed by atoms with Gasteiger partial charge in [-0.25, -0.2) is 0 Å². The third kappa shape index (κ3) is 3.48. The Labute approximate surface area is 67.4 Å². The van der Waals surface area contributed by atoms with Crippen molar-refractivity contribution < 1.29 is 4.79 Å². The lowest BCUT2D eigenvalue weighted by Crippen LogP contribution is -2.14. The Bertz CT molecular complexity index is 162. The fourth-order valence-electron chi connectivity index (χ4n) is 0.508. The zero-order chi connectivity index (χ0) is 7.98. The number of hydrogen-bond donors (Lipinski definition) is 0. The van der Waals surface area contributed by atoms with Gasteiger partial charge in [-0.15, -0.1) is 0 Å². The van der Waals surface area contributed by atoms with E-state index in [1.54, 1.807) is 0 Å². The molecule has 1 unspecified atom stereocenters. The molecule has 10 heavy (non-hydrogen) atoms. The molecule has 0 bridgehead atoms. The Hall–Kier alpha value is -0.540. The maximum Gasteiger partial charge on any atom is 0.138 e. The molecule has 0 amide bonds. The molecule has 0 saturated carbocycles. The van der Waals surface area contributed by atoms with E-state index in [0.29, 0.717) is 11.8 Å². The van der Waals surface area contributed by atoms with Gasteiger partial charge >= 0.3 is 0 Å². The van der Waals surface area contributed by atoms with E-state index >= 15 is 0 Å². The minimum Gasteiger partial charge on any atom is -0.300 e. The van der Waals surface area contributed by atoms with Crippen LogP contribution in [-0.2, 0) is 4.79 Å². The average molecular weight is 206 g/mol. The summed E-state index contributed by atoms with van der Waals surface area (Å²) in [6.45, 7) is 1.42. The SMILES string of the molecule is CC(=O)C(CCBr)N=[N+]=[N-]. The second-order valence-electron chi connectivity index (χ2n) is 1.81. The Balaban J connectivity index is 3.97. The highest BCUT2D eigenvalue weighted by molar-refractivity contribution is 9.09. The molecular weight excluding hydrogens is 198 g/mol. The van der Waals surface area contributed by atoms with Crippen LogP contribution < -0.4 is 0 Å². The molecule has 0 spiro atoms. The Morgan fingerprint density at radius 2 is 2.50 bits per heavy atom. The summed E-state index contributed by atoms with van der Waals surface area (Å²) in [6, 6.07) is -0.496. The quantitative estimate of drug-likeness (QED) is 0.300. The molecule has 0 aliphatic rings. The van der Waals surface area contributed by atoms with E-state index in [1.165, 1.54) is 6.92 Å². The summed E-state index contributed by atoms with van der Waals surface area (Å²) in [4.78, 5) is 13.2. The van der Waals surface area contributed by atoms with Crippen LogP contribution in [0.2, 0.25) is 0 Å². The van der Waals surface area contributed by atoms with Crippen LogP contribution in [0, 0.1) is 0 Å². The first-order valence-electron chi connectivity index (χ1n) is 2.83. The number of azide groups is 1. The van der Waals surface area contributed by atoms with Crippen molar-refractivity contribution in [2.24, 2.45) is 5.11 Å². The molecule has 0 saturated heterocycles. The number of rotatable bonds is 4. The summed E-state index contributed by atoms with van der Waals surface area (Å²) < 4.78 is 0. The summed E-state index contributed by atoms with van der Waals surface area (Å²) in [5, 5.41) is 3.99. The molecule has 0 radical (unpaired) electrons. The zero-order valence-electron chi connectivity index (χ0n) is 5.62. The highest BCUT2D eigenvalue weighted by atomic mass is 79.9. The second-order valence-corrected chi connectivity index (χ2v) is 2.60. The second kappa shape index (κ2) is 5.26. The van der Waals surface area contributed by atoms with Crippen molar-refractivity contribution >= 4 is 21.7 Å². The molecular formula is C5H8BrN3O. The number of hydrogen-bond acceptors (Lipinski definition) is 2. The van der Waals surface area contributed by atoms with Crippen LogP contribution in [0.25, 0.3) is 10.4 Å². The molecule has 0 fully saturated rings. The van der Waals surface area contributed by atoms with Gasteiger partial charge in [-0.2, -0.15) is 0 Å². The van der Waals surface area contributed by atoms with Crippen LogP contribution in [0.1, 0.15) is 13.3 Å². The molecule has 56 valence electrons. The minimum atomic E-state index is -0.496. The number of nitrogens with zero attached hydrogens (tertiary/aromatic N) is 3. The number of halogens is 1. The monoisotopic (exact) mass is 205 g/mol. The molecule has 1 atom stereocenters. The molecule has 0 aromatic carbocycles. The number of carbonyl (C=O) groups is 1. The lowest BCUT2D eigenvalue weighted by molar-refractivity contribution is -0.118. The molecule has 0 aliphatic heterocycles. The molecule has 0 aromatic heterocycles. The van der Waals surface area contributed by atoms with Crippen LogP contribution in [0.4, 0.5) is 0 Å². The summed E-state index contributed by atoms with van der Waals surface area (Å²) in [6.07, 6.45) is 0.569. The summed E-state index contributed by atoms with van der Waals surface area (Å²) >= 11 is 3.15. The number of ketones is 1. The summed E-state index contributed by atoms with van der Waals surface area (Å²) in [5.74, 6) is -0.0859. The molecule has 0 rings (SSSR count). The lowest BCUT2D eigenvalue weighted by Gasteiger charge is -2.01. The van der Waals surface area contributed by atoms with Gasteiger partial charge in [-0.1, -0.05) is 21.0 Å². The van der Waals surface area contributed by atoms with Crippen LogP contribution >= 0.6 is 15.9 Å². The van der Waals surface area contributed by atoms with E-state index in [-0.39, 0.29) is 5.78 Å². The predicted octanol–water partition coefficient (Wildman–Crippen LogP) is 2.04. The van der Waals surface area contributed by atoms with Crippen molar-refractivity contribution in [2.45, 2.75) is 19.4 Å². The largest absolute Gasteiger partial charge is 0.300 e. The summed E-state index contributed by atoms with van der Waals surface area (Å²) in [7, 11) is 0. The maximum absolute atomic E-state index is 10.6. The van der Waals surface area contributed by atoms with Gasteiger partial charge in [0.25, 0.3) is 0 Å². The molecule has 5 heteroatoms. The van der Waals surface area contributed by atoms with Gasteiger partial charge in [0.2, 0.25) is 0 Å². The Kier molecular flexibility index (Phi) is 4.98. The third-order valence-corrected chi connectivity index (χ3v) is 1.50. The number of Topliss-reactive ketones (excluding diaryl/α,β-unsaturated/α-hetero) is 1. The maximum atomic E-state index is 10.6. The Morgan fingerprint density at radius 3 is 2.80 bits per heavy atom. The fraction of sp³-hybridized carbons (Fsp3) is 0.800. The third-order valence-electron chi connectivity index (χ3n) is 1.04. The van der Waals surface area contributed by atoms with Crippen molar-refractivity contribution in [3.8, 4) is 0 Å². The van der Waals surface area contributed by atoms with E-state index in [0.717, 1.165) is 0 Å². The first kappa shape index (κ1) is 9.46. The van der Waals surface area contributed by atoms with E-state index in [9.17, 15) is 4.79 Å². The van der Waals surface area contributed by atoms with Crippen molar-refractivity contribution in [3.05, 3.63) is 10.4 Å². The van der Waals surface area contributed by atoms with Gasteiger partial charge in [0, 0.05) is 10.2 Å². The van der Waals surface area contributed by atoms with Gasteiger partial charge in [0.05, 0.1) is 6.04 Å². The van der Waals surface area contributed by atoms with E-state index < -0.39 is 6.04 Å². The summed E-state index contributed by atoms with van der Waals surface area (Å²) in [5.41, 5.74) is 8.00. The number of carbonyl (C=O) groups excluding carboxylic acids is 1. The molecule has 0 heterocycles. The highest BCUT2D eigenvalue weighted by Gasteiger charge is 2.09. The standard InChI is InChI=1S/C5H8BrN3O/c1-4(10)5(2-3-6)8-9-7/h5H,2-3H2,1H3. The van der Waals surface area contributed by atoms with Gasteiger partial charge < -0.3 is 0 Å². The Morgan fingerprint density at radius 1 is 1.90 bits per heavy atom. The lowest BCUT2D eigenvalue weighted by atomic mass is 10.2. The van der Waals surface area contributed by atoms with Gasteiger partial charge in [-0.3, -0.25) is 4.79 Å². The van der Waals surface area contributed by atoms with Gasteiger partial charge in [-0.05, 0) is 18.9 Å². The van der Waals surface area contributed by atoms with Crippen LogP contribution in [-0.4, -0.2) is 17.2 Å². The normalized spacial score (nSPS) is 11.8. The van der Waals surface area contributed by atoms with Crippen LogP contribution in [0.5, 0.6) is 0 Å². The van der Waals surface area contributed by atoms with E-state index in [2.05, 4.69) is 26.0 Å². The van der Waals surface area contributed by atoms with Gasteiger partial charge in [0.15, 0.2) is 0 Å². The number of alkyl halides is 1. The van der Waals surface area contributed by atoms with Crippen molar-refractivity contribution in [1.29, 1.82) is 0 Å². The van der Waals surface area contributed by atoms with Crippen LogP contribution in [0.3, 0.4) is 0 Å². The van der Waals surface area contributed by atoms with Crippen molar-refractivity contribution in [2.75, 3.05) is 5.33 Å². The first-order chi connectivity index (χ1) is 4.72. The predicted molar refractivity (Wildman–Crippen MR) is 42.0 cm³/mol. The highest BCUT2D eigenvalue weighted by Crippen LogP contribution is 2.02. The smallest absolute Gasteiger partial charge is 0.138 e. The fourth-order valence-corrected chi connectivity index (χ4v) is 0.942. The topological polar surface area (TPSA) is 65.8 Å². The minimum absolute atomic E-state index is 0.0859. The first-order valence-corrected chi connectivity index (χ1v) is 3.95. The van der Waals surface area contributed by atoms with Crippen molar-refractivity contribution in [3.63, 3.8) is 0 Å².